The number of fused-ring (bicyclic) bond motifs is 1. The number of amides is 2. The number of anilines is 1. The van der Waals surface area contributed by atoms with Crippen LogP contribution in [0.15, 0.2) is 57.7 Å². The number of hydrogen-bond donors (Lipinski definition) is 2. The van der Waals surface area contributed by atoms with Gasteiger partial charge in [-0.3, -0.25) is 14.2 Å². The molecule has 2 heterocycles. The number of nitrogens with zero attached hydrogens (tertiary/aromatic N) is 2. The Morgan fingerprint density at radius 3 is 2.65 bits per heavy atom. The van der Waals surface area contributed by atoms with Crippen LogP contribution >= 0.6 is 0 Å². The first-order valence-corrected chi connectivity index (χ1v) is 10.4. The summed E-state index contributed by atoms with van der Waals surface area (Å²) in [6, 6.07) is 13.9. The van der Waals surface area contributed by atoms with Crippen LogP contribution in [0.1, 0.15) is 29.6 Å². The molecule has 162 valence electrons. The van der Waals surface area contributed by atoms with E-state index in [0.29, 0.717) is 35.4 Å². The summed E-state index contributed by atoms with van der Waals surface area (Å²) >= 11 is 0. The van der Waals surface area contributed by atoms with E-state index < -0.39 is 5.76 Å². The van der Waals surface area contributed by atoms with E-state index in [-0.39, 0.29) is 37.3 Å². The standard InChI is InChI=1S/C23H25N3O5/c27-15-16-8-11-25(12-9-16)22(29)17-4-3-5-18(14-17)24-21(28)10-13-26-19-6-1-2-7-20(19)31-23(26)30/h1-7,14,16,27H,8-13,15H2,(H,24,28). The molecule has 0 spiro atoms. The molecular weight excluding hydrogens is 398 g/mol. The van der Waals surface area contributed by atoms with Crippen LogP contribution in [0.4, 0.5) is 5.69 Å². The van der Waals surface area contributed by atoms with Gasteiger partial charge in [0.2, 0.25) is 5.91 Å². The predicted octanol–water partition coefficient (Wildman–Crippen LogP) is 2.47. The van der Waals surface area contributed by atoms with Gasteiger partial charge in [-0.2, -0.15) is 0 Å². The number of carbonyl (C=O) groups excluding carboxylic acids is 2. The summed E-state index contributed by atoms with van der Waals surface area (Å²) in [5.41, 5.74) is 2.18. The summed E-state index contributed by atoms with van der Waals surface area (Å²) in [5.74, 6) is -0.574. The zero-order valence-corrected chi connectivity index (χ0v) is 17.1. The molecule has 2 N–H and O–H groups in total. The Balaban J connectivity index is 1.37. The van der Waals surface area contributed by atoms with Crippen LogP contribution < -0.4 is 11.1 Å². The first-order valence-electron chi connectivity index (χ1n) is 10.4. The molecule has 2 amide bonds. The van der Waals surface area contributed by atoms with Crippen molar-refractivity contribution in [2.75, 3.05) is 25.0 Å². The second-order valence-electron chi connectivity index (χ2n) is 7.78. The lowest BCUT2D eigenvalue weighted by atomic mass is 9.97. The van der Waals surface area contributed by atoms with E-state index in [1.54, 1.807) is 47.4 Å². The fraction of sp³-hybridized carbons (Fsp3) is 0.348. The summed E-state index contributed by atoms with van der Waals surface area (Å²) in [5, 5.41) is 12.1. The molecule has 0 bridgehead atoms. The number of carbonyl (C=O) groups is 2. The maximum absolute atomic E-state index is 12.8. The fourth-order valence-corrected chi connectivity index (χ4v) is 3.89. The highest BCUT2D eigenvalue weighted by atomic mass is 16.4. The molecule has 1 fully saturated rings. The van der Waals surface area contributed by atoms with E-state index in [1.165, 1.54) is 4.57 Å². The number of rotatable bonds is 6. The van der Waals surface area contributed by atoms with Gasteiger partial charge in [0, 0.05) is 43.9 Å². The molecule has 1 aliphatic rings. The minimum atomic E-state index is -0.494. The Morgan fingerprint density at radius 2 is 1.87 bits per heavy atom. The van der Waals surface area contributed by atoms with E-state index >= 15 is 0 Å². The van der Waals surface area contributed by atoms with Gasteiger partial charge in [0.15, 0.2) is 5.58 Å². The van der Waals surface area contributed by atoms with Crippen molar-refractivity contribution in [1.82, 2.24) is 9.47 Å². The quantitative estimate of drug-likeness (QED) is 0.634. The van der Waals surface area contributed by atoms with Crippen molar-refractivity contribution in [3.8, 4) is 0 Å². The molecular formula is C23H25N3O5. The van der Waals surface area contributed by atoms with Crippen LogP contribution in [0, 0.1) is 5.92 Å². The average molecular weight is 423 g/mol. The van der Waals surface area contributed by atoms with Crippen LogP contribution in [-0.2, 0) is 11.3 Å². The maximum atomic E-state index is 12.8. The molecule has 8 heteroatoms. The van der Waals surface area contributed by atoms with Crippen LogP contribution in [0.3, 0.4) is 0 Å². The number of oxazole rings is 1. The number of aliphatic hydroxyl groups is 1. The second-order valence-corrected chi connectivity index (χ2v) is 7.78. The molecule has 0 atom stereocenters. The number of benzene rings is 2. The van der Waals surface area contributed by atoms with E-state index in [4.69, 9.17) is 4.42 Å². The van der Waals surface area contributed by atoms with Crippen molar-refractivity contribution in [1.29, 1.82) is 0 Å². The molecule has 0 aliphatic carbocycles. The number of aliphatic hydroxyl groups excluding tert-OH is 1. The first kappa shape index (κ1) is 20.9. The van der Waals surface area contributed by atoms with Crippen LogP contribution in [0.2, 0.25) is 0 Å². The number of likely N-dealkylation sites (tertiary alicyclic amines) is 1. The Bertz CT molecular complexity index is 1140. The summed E-state index contributed by atoms with van der Waals surface area (Å²) in [7, 11) is 0. The molecule has 0 radical (unpaired) electrons. The zero-order chi connectivity index (χ0) is 21.8. The van der Waals surface area contributed by atoms with Crippen LogP contribution in [0.5, 0.6) is 0 Å². The highest BCUT2D eigenvalue weighted by Crippen LogP contribution is 2.20. The molecule has 3 aromatic rings. The molecule has 1 aromatic heterocycles. The molecule has 0 saturated carbocycles. The normalized spacial score (nSPS) is 14.7. The van der Waals surface area contributed by atoms with E-state index in [9.17, 15) is 19.5 Å². The Labute approximate surface area is 179 Å². The van der Waals surface area contributed by atoms with Crippen molar-refractivity contribution in [2.24, 2.45) is 5.92 Å². The lowest BCUT2D eigenvalue weighted by Gasteiger charge is -2.31. The number of nitrogens with one attached hydrogen (secondary N) is 1. The minimum absolute atomic E-state index is 0.0797. The fourth-order valence-electron chi connectivity index (χ4n) is 3.89. The molecule has 2 aromatic carbocycles. The summed E-state index contributed by atoms with van der Waals surface area (Å²) in [6.45, 7) is 1.59. The van der Waals surface area contributed by atoms with Crippen molar-refractivity contribution in [2.45, 2.75) is 25.8 Å². The summed E-state index contributed by atoms with van der Waals surface area (Å²) in [4.78, 5) is 39.0. The van der Waals surface area contributed by atoms with Gasteiger partial charge >= 0.3 is 5.76 Å². The molecule has 1 saturated heterocycles. The maximum Gasteiger partial charge on any atom is 0.419 e. The van der Waals surface area contributed by atoms with Crippen molar-refractivity contribution in [3.63, 3.8) is 0 Å². The smallest absolute Gasteiger partial charge is 0.408 e. The lowest BCUT2D eigenvalue weighted by Crippen LogP contribution is -2.39. The predicted molar refractivity (Wildman–Crippen MR) is 116 cm³/mol. The third-order valence-corrected chi connectivity index (χ3v) is 5.69. The molecule has 1 aliphatic heterocycles. The lowest BCUT2D eigenvalue weighted by molar-refractivity contribution is -0.116. The molecule has 0 unspecified atom stereocenters. The zero-order valence-electron chi connectivity index (χ0n) is 17.1. The third kappa shape index (κ3) is 4.69. The Hall–Kier alpha value is -3.39. The van der Waals surface area contributed by atoms with Crippen molar-refractivity contribution in [3.05, 3.63) is 64.6 Å². The highest BCUT2D eigenvalue weighted by molar-refractivity contribution is 5.97. The van der Waals surface area contributed by atoms with E-state index in [0.717, 1.165) is 12.8 Å². The average Bonchev–Trinajstić information content (AvgIpc) is 3.12. The van der Waals surface area contributed by atoms with Gasteiger partial charge in [-0.1, -0.05) is 18.2 Å². The largest absolute Gasteiger partial charge is 0.419 e. The van der Waals surface area contributed by atoms with E-state index in [1.807, 2.05) is 6.07 Å². The SMILES string of the molecule is O=C(CCn1c(=O)oc2ccccc21)Nc1cccc(C(=O)N2CCC(CO)CC2)c1. The number of aromatic nitrogens is 1. The molecule has 4 rings (SSSR count). The van der Waals surface area contributed by atoms with Crippen molar-refractivity contribution < 1.29 is 19.1 Å². The Kier molecular flexibility index (Phi) is 6.18. The number of para-hydroxylation sites is 2. The van der Waals surface area contributed by atoms with Crippen LogP contribution in [0.25, 0.3) is 11.1 Å². The topological polar surface area (TPSA) is 105 Å². The monoisotopic (exact) mass is 423 g/mol. The second kappa shape index (κ2) is 9.18. The van der Waals surface area contributed by atoms with Gasteiger partial charge in [0.25, 0.3) is 5.91 Å². The number of aryl methyl sites for hydroxylation is 1. The molecule has 8 nitrogen and oxygen atoms in total. The van der Waals surface area contributed by atoms with Gasteiger partial charge in [0.05, 0.1) is 5.52 Å². The van der Waals surface area contributed by atoms with Gasteiger partial charge in [-0.15, -0.1) is 0 Å². The number of piperidine rings is 1. The van der Waals surface area contributed by atoms with E-state index in [2.05, 4.69) is 5.32 Å². The first-order chi connectivity index (χ1) is 15.0. The summed E-state index contributed by atoms with van der Waals surface area (Å²) in [6.07, 6.45) is 1.68. The number of hydrogen-bond acceptors (Lipinski definition) is 5. The van der Waals surface area contributed by atoms with Gasteiger partial charge in [-0.05, 0) is 49.1 Å². The van der Waals surface area contributed by atoms with Gasteiger partial charge < -0.3 is 19.7 Å². The van der Waals surface area contributed by atoms with Crippen molar-refractivity contribution >= 4 is 28.6 Å². The van der Waals surface area contributed by atoms with Gasteiger partial charge in [0.1, 0.15) is 0 Å². The van der Waals surface area contributed by atoms with Crippen LogP contribution in [-0.4, -0.2) is 46.1 Å². The molecule has 31 heavy (non-hydrogen) atoms. The highest BCUT2D eigenvalue weighted by Gasteiger charge is 2.23. The van der Waals surface area contributed by atoms with Gasteiger partial charge in [-0.25, -0.2) is 4.79 Å². The minimum Gasteiger partial charge on any atom is -0.408 e. The summed E-state index contributed by atoms with van der Waals surface area (Å²) < 4.78 is 6.62. The Morgan fingerprint density at radius 1 is 1.10 bits per heavy atom. The third-order valence-electron chi connectivity index (χ3n) is 5.69.